The Morgan fingerprint density at radius 1 is 1.33 bits per heavy atom. The zero-order valence-electron chi connectivity index (χ0n) is 12.7. The van der Waals surface area contributed by atoms with E-state index in [0.29, 0.717) is 18.3 Å². The van der Waals surface area contributed by atoms with Crippen LogP contribution in [0.3, 0.4) is 0 Å². The first-order valence-electron chi connectivity index (χ1n) is 6.95. The van der Waals surface area contributed by atoms with Crippen LogP contribution in [0.1, 0.15) is 12.8 Å². The summed E-state index contributed by atoms with van der Waals surface area (Å²) in [6.07, 6.45) is 2.28. The number of nitrogens with zero attached hydrogens (tertiary/aromatic N) is 2. The lowest BCUT2D eigenvalue weighted by Gasteiger charge is -2.26. The van der Waals surface area contributed by atoms with Gasteiger partial charge in [0, 0.05) is 33.8 Å². The van der Waals surface area contributed by atoms with Crippen LogP contribution in [0, 0.1) is 0 Å². The SMILES string of the molecule is COCCN(c1ccc(S(=O)(=O)N(C)C)cc1N)C1CC1. The van der Waals surface area contributed by atoms with Crippen molar-refractivity contribution in [1.29, 1.82) is 0 Å². The third-order valence-corrected chi connectivity index (χ3v) is 5.42. The number of ether oxygens (including phenoxy) is 1. The zero-order chi connectivity index (χ0) is 15.6. The number of nitrogens with two attached hydrogens (primary N) is 1. The molecule has 1 aromatic rings. The number of hydrogen-bond acceptors (Lipinski definition) is 5. The molecule has 1 fully saturated rings. The molecule has 0 aromatic heterocycles. The summed E-state index contributed by atoms with van der Waals surface area (Å²) in [5, 5.41) is 0. The molecule has 0 bridgehead atoms. The fraction of sp³-hybridized carbons (Fsp3) is 0.571. The lowest BCUT2D eigenvalue weighted by atomic mass is 10.2. The molecule has 7 heteroatoms. The van der Waals surface area contributed by atoms with Crippen LogP contribution in [0.2, 0.25) is 0 Å². The van der Waals surface area contributed by atoms with E-state index in [1.54, 1.807) is 19.2 Å². The van der Waals surface area contributed by atoms with E-state index in [9.17, 15) is 8.42 Å². The molecule has 0 unspecified atom stereocenters. The van der Waals surface area contributed by atoms with Crippen molar-refractivity contribution in [2.24, 2.45) is 0 Å². The van der Waals surface area contributed by atoms with Gasteiger partial charge < -0.3 is 15.4 Å². The smallest absolute Gasteiger partial charge is 0.242 e. The highest BCUT2D eigenvalue weighted by atomic mass is 32.2. The quantitative estimate of drug-likeness (QED) is 0.764. The summed E-state index contributed by atoms with van der Waals surface area (Å²) in [5.74, 6) is 0. The van der Waals surface area contributed by atoms with Gasteiger partial charge in [-0.15, -0.1) is 0 Å². The third kappa shape index (κ3) is 3.48. The molecule has 0 aliphatic heterocycles. The minimum absolute atomic E-state index is 0.219. The summed E-state index contributed by atoms with van der Waals surface area (Å²) in [4.78, 5) is 2.42. The molecule has 1 aliphatic rings. The van der Waals surface area contributed by atoms with Crippen molar-refractivity contribution in [1.82, 2.24) is 4.31 Å². The normalized spacial score (nSPS) is 15.4. The van der Waals surface area contributed by atoms with E-state index in [1.807, 2.05) is 0 Å². The third-order valence-electron chi connectivity index (χ3n) is 3.61. The number of sulfonamides is 1. The second-order valence-corrected chi connectivity index (χ2v) is 7.58. The molecule has 0 spiro atoms. The van der Waals surface area contributed by atoms with Crippen LogP contribution in [0.5, 0.6) is 0 Å². The number of rotatable bonds is 7. The summed E-state index contributed by atoms with van der Waals surface area (Å²) < 4.78 is 30.6. The molecule has 1 aromatic carbocycles. The van der Waals surface area contributed by atoms with Crippen LogP contribution in [-0.2, 0) is 14.8 Å². The van der Waals surface area contributed by atoms with Crippen LogP contribution in [-0.4, -0.2) is 53.1 Å². The standard InChI is InChI=1S/C14H23N3O3S/c1-16(2)21(18,19)12-6-7-14(13(15)10-12)17(8-9-20-3)11-4-5-11/h6-7,10-11H,4-5,8-9,15H2,1-3H3. The lowest BCUT2D eigenvalue weighted by molar-refractivity contribution is 0.205. The minimum atomic E-state index is -3.45. The van der Waals surface area contributed by atoms with Crippen molar-refractivity contribution < 1.29 is 13.2 Å². The predicted molar refractivity (Wildman–Crippen MR) is 84.0 cm³/mol. The average Bonchev–Trinajstić information content (AvgIpc) is 3.25. The molecule has 1 aliphatic carbocycles. The Hall–Kier alpha value is -1.31. The van der Waals surface area contributed by atoms with Gasteiger partial charge in [0.2, 0.25) is 10.0 Å². The van der Waals surface area contributed by atoms with Crippen LogP contribution in [0.15, 0.2) is 23.1 Å². The molecule has 0 atom stereocenters. The van der Waals surface area contributed by atoms with Gasteiger partial charge in [-0.2, -0.15) is 0 Å². The van der Waals surface area contributed by atoms with E-state index in [-0.39, 0.29) is 4.90 Å². The largest absolute Gasteiger partial charge is 0.397 e. The maximum absolute atomic E-state index is 12.1. The summed E-state index contributed by atoms with van der Waals surface area (Å²) in [5.41, 5.74) is 7.46. The molecule has 21 heavy (non-hydrogen) atoms. The number of nitrogen functional groups attached to an aromatic ring is 1. The highest BCUT2D eigenvalue weighted by molar-refractivity contribution is 7.89. The second kappa shape index (κ2) is 6.21. The Kier molecular flexibility index (Phi) is 4.75. The van der Waals surface area contributed by atoms with Gasteiger partial charge in [-0.3, -0.25) is 0 Å². The summed E-state index contributed by atoms with van der Waals surface area (Å²) in [6.45, 7) is 1.37. The van der Waals surface area contributed by atoms with Gasteiger partial charge in [-0.05, 0) is 31.0 Å². The molecule has 0 radical (unpaired) electrons. The fourth-order valence-corrected chi connectivity index (χ4v) is 3.18. The van der Waals surface area contributed by atoms with Crippen LogP contribution in [0.25, 0.3) is 0 Å². The maximum atomic E-state index is 12.1. The molecule has 2 N–H and O–H groups in total. The van der Waals surface area contributed by atoms with E-state index in [1.165, 1.54) is 24.5 Å². The molecule has 2 rings (SSSR count). The van der Waals surface area contributed by atoms with E-state index in [4.69, 9.17) is 10.5 Å². The molecular weight excluding hydrogens is 290 g/mol. The van der Waals surface area contributed by atoms with Crippen LogP contribution < -0.4 is 10.6 Å². The minimum Gasteiger partial charge on any atom is -0.397 e. The molecular formula is C14H23N3O3S. The number of benzene rings is 1. The van der Waals surface area contributed by atoms with Crippen molar-refractivity contribution in [2.75, 3.05) is 45.0 Å². The van der Waals surface area contributed by atoms with E-state index >= 15 is 0 Å². The Morgan fingerprint density at radius 3 is 2.48 bits per heavy atom. The maximum Gasteiger partial charge on any atom is 0.242 e. The summed E-state index contributed by atoms with van der Waals surface area (Å²) in [6, 6.07) is 5.43. The van der Waals surface area contributed by atoms with Crippen molar-refractivity contribution in [3.8, 4) is 0 Å². The van der Waals surface area contributed by atoms with Crippen molar-refractivity contribution in [3.63, 3.8) is 0 Å². The summed E-state index contributed by atoms with van der Waals surface area (Å²) >= 11 is 0. The Labute approximate surface area is 126 Å². The van der Waals surface area contributed by atoms with Crippen LogP contribution >= 0.6 is 0 Å². The highest BCUT2D eigenvalue weighted by Crippen LogP contribution is 2.35. The Morgan fingerprint density at radius 2 is 2.00 bits per heavy atom. The monoisotopic (exact) mass is 313 g/mol. The van der Waals surface area contributed by atoms with Gasteiger partial charge >= 0.3 is 0 Å². The fourth-order valence-electron chi connectivity index (χ4n) is 2.24. The first-order chi connectivity index (χ1) is 9.87. The average molecular weight is 313 g/mol. The molecule has 0 heterocycles. The second-order valence-electron chi connectivity index (χ2n) is 5.43. The van der Waals surface area contributed by atoms with Gasteiger partial charge in [0.05, 0.1) is 22.9 Å². The molecule has 6 nitrogen and oxygen atoms in total. The van der Waals surface area contributed by atoms with Crippen molar-refractivity contribution in [2.45, 2.75) is 23.8 Å². The summed E-state index contributed by atoms with van der Waals surface area (Å²) in [7, 11) is 1.23. The Bertz CT molecular complexity index is 597. The predicted octanol–water partition coefficient (Wildman–Crippen LogP) is 1.13. The van der Waals surface area contributed by atoms with Crippen molar-refractivity contribution >= 4 is 21.4 Å². The van der Waals surface area contributed by atoms with Gasteiger partial charge in [0.15, 0.2) is 0 Å². The molecule has 118 valence electrons. The zero-order valence-corrected chi connectivity index (χ0v) is 13.6. The first-order valence-corrected chi connectivity index (χ1v) is 8.39. The van der Waals surface area contributed by atoms with Gasteiger partial charge in [-0.1, -0.05) is 0 Å². The topological polar surface area (TPSA) is 75.9 Å². The van der Waals surface area contributed by atoms with E-state index < -0.39 is 10.0 Å². The van der Waals surface area contributed by atoms with Crippen molar-refractivity contribution in [3.05, 3.63) is 18.2 Å². The van der Waals surface area contributed by atoms with E-state index in [0.717, 1.165) is 25.1 Å². The van der Waals surface area contributed by atoms with E-state index in [2.05, 4.69) is 4.90 Å². The lowest BCUT2D eigenvalue weighted by Crippen LogP contribution is -2.30. The number of anilines is 2. The highest BCUT2D eigenvalue weighted by Gasteiger charge is 2.30. The first kappa shape index (κ1) is 16.1. The molecule has 0 amide bonds. The Balaban J connectivity index is 2.30. The van der Waals surface area contributed by atoms with Gasteiger partial charge in [0.25, 0.3) is 0 Å². The number of methoxy groups -OCH3 is 1. The van der Waals surface area contributed by atoms with Gasteiger partial charge in [0.1, 0.15) is 0 Å². The van der Waals surface area contributed by atoms with Crippen LogP contribution in [0.4, 0.5) is 11.4 Å². The number of hydrogen-bond donors (Lipinski definition) is 1. The van der Waals surface area contributed by atoms with Gasteiger partial charge in [-0.25, -0.2) is 12.7 Å². The molecule has 0 saturated heterocycles. The molecule has 1 saturated carbocycles.